The summed E-state index contributed by atoms with van der Waals surface area (Å²) in [7, 11) is 0. The van der Waals surface area contributed by atoms with Crippen molar-refractivity contribution < 1.29 is 179 Å². The molecule has 2 saturated heterocycles. The summed E-state index contributed by atoms with van der Waals surface area (Å²) in [6.45, 7) is -2.49. The van der Waals surface area contributed by atoms with E-state index in [1.54, 1.807) is 0 Å². The van der Waals surface area contributed by atoms with Crippen LogP contribution in [0.5, 0.6) is 109 Å². The molecule has 0 saturated carbocycles. The van der Waals surface area contributed by atoms with Crippen molar-refractivity contribution in [2.24, 2.45) is 0 Å². The summed E-state index contributed by atoms with van der Waals surface area (Å²) in [4.78, 5) is 87.2. The van der Waals surface area contributed by atoms with Gasteiger partial charge in [-0.05, 0) is 42.5 Å². The van der Waals surface area contributed by atoms with Crippen LogP contribution in [0.4, 0.5) is 0 Å². The topological polar surface area (TPSA) is 610 Å². The lowest BCUT2D eigenvalue weighted by Gasteiger charge is -2.44. The highest BCUT2D eigenvalue weighted by Gasteiger charge is 2.57. The van der Waals surface area contributed by atoms with Gasteiger partial charge in [0.1, 0.15) is 42.7 Å². The number of carbonyl (C=O) groups is 6. The van der Waals surface area contributed by atoms with E-state index in [1.807, 2.05) is 0 Å². The Morgan fingerprint density at radius 1 is 0.411 bits per heavy atom. The van der Waals surface area contributed by atoms with Crippen LogP contribution >= 0.6 is 0 Å². The van der Waals surface area contributed by atoms with E-state index in [9.17, 15) is 131 Å². The third-order valence-corrected chi connectivity index (χ3v) is 14.3. The van der Waals surface area contributed by atoms with Gasteiger partial charge in [0.15, 0.2) is 87.0 Å². The number of benzene rings is 6. The van der Waals surface area contributed by atoms with E-state index >= 15 is 4.79 Å². The van der Waals surface area contributed by atoms with Crippen molar-refractivity contribution in [1.82, 2.24) is 0 Å². The number of rotatable bonds is 7. The molecule has 36 nitrogen and oxygen atoms in total. The Bertz CT molecular complexity index is 4050. The summed E-state index contributed by atoms with van der Waals surface area (Å²) in [5.41, 5.74) is -12.5. The number of ether oxygens (including phenoxy) is 9. The normalized spacial score (nSPS) is 23.0. The molecule has 10 atom stereocenters. The van der Waals surface area contributed by atoms with Crippen molar-refractivity contribution in [2.45, 2.75) is 61.4 Å². The van der Waals surface area contributed by atoms with Crippen LogP contribution in [0.15, 0.2) is 42.5 Å². The molecule has 4 heterocycles. The van der Waals surface area contributed by atoms with Gasteiger partial charge in [-0.25, -0.2) is 28.8 Å². The molecule has 0 aliphatic carbocycles. The van der Waals surface area contributed by atoms with Gasteiger partial charge in [0, 0.05) is 16.7 Å². The van der Waals surface area contributed by atoms with Gasteiger partial charge in [-0.15, -0.1) is 0 Å². The summed E-state index contributed by atoms with van der Waals surface area (Å²) >= 11 is 0. The lowest BCUT2D eigenvalue weighted by molar-refractivity contribution is -0.285. The van der Waals surface area contributed by atoms with Crippen LogP contribution < -0.4 is 4.74 Å². The molecule has 0 radical (unpaired) electrons. The number of esters is 6. The number of phenolic OH excluding ortho intramolecular Hbond substituents is 17. The smallest absolute Gasteiger partial charge is 0.343 e. The van der Waals surface area contributed by atoms with E-state index in [4.69, 9.17) is 42.6 Å². The Morgan fingerprint density at radius 3 is 1.37 bits per heavy atom. The third-order valence-electron chi connectivity index (χ3n) is 14.3. The van der Waals surface area contributed by atoms with E-state index in [1.165, 1.54) is 0 Å². The Hall–Kier alpha value is -11.7. The standard InChI is InChI=1S/C54H42O36/c55-8-22-34(67)39(72)42(75)53(84-22)89-48(77)11-3-17(58)30(63)21(4-11)83-44-28-27(38(71)40(73)41(44)74)26-12(5-18(59)33(66)37(26)70)49(78)82-9-23-43(86-52(28)81)45-46(54(85-23)90-47(76)10-1-15(56)29(62)16(57)2-10)88-51(80)14-7-20(61)32(65)36(69)25(14)24-13(50(79)87-45)6-19(60)31(64)35(24)68/h1-7,22-23,34,39,42-43,45-46,53-75H,8-9H2/t22-,23-,34-,39+,42-,43-,45+,46-,53+,54+/m1/s1. The second-order valence-corrected chi connectivity index (χ2v) is 19.7. The first-order chi connectivity index (χ1) is 42.4. The van der Waals surface area contributed by atoms with Crippen LogP contribution in [-0.2, 0) is 37.9 Å². The molecular weight excluding hydrogens is 1220 g/mol. The molecular formula is C54H42O36. The van der Waals surface area contributed by atoms with Crippen LogP contribution in [0, 0.1) is 0 Å². The van der Waals surface area contributed by atoms with Crippen molar-refractivity contribution >= 4 is 35.8 Å². The molecule has 36 heteroatoms. The van der Waals surface area contributed by atoms with Crippen molar-refractivity contribution in [3.8, 4) is 131 Å². The van der Waals surface area contributed by atoms with Gasteiger partial charge in [-0.3, -0.25) is 0 Å². The zero-order valence-electron chi connectivity index (χ0n) is 44.2. The van der Waals surface area contributed by atoms with Gasteiger partial charge in [0.25, 0.3) is 0 Å². The quantitative estimate of drug-likeness (QED) is 0.0559. The molecule has 10 rings (SSSR count). The van der Waals surface area contributed by atoms with Crippen molar-refractivity contribution in [1.29, 1.82) is 0 Å². The van der Waals surface area contributed by atoms with Gasteiger partial charge in [-0.2, -0.15) is 0 Å². The second-order valence-electron chi connectivity index (χ2n) is 19.7. The summed E-state index contributed by atoms with van der Waals surface area (Å²) < 4.78 is 50.0. The Balaban J connectivity index is 1.18. The Labute approximate surface area is 495 Å². The van der Waals surface area contributed by atoms with Gasteiger partial charge < -0.3 is 150 Å². The van der Waals surface area contributed by atoms with E-state index in [-0.39, 0.29) is 0 Å². The van der Waals surface area contributed by atoms with Gasteiger partial charge >= 0.3 is 35.8 Å². The zero-order valence-corrected chi connectivity index (χ0v) is 44.2. The van der Waals surface area contributed by atoms with E-state index in [0.29, 0.717) is 42.5 Å². The average Bonchev–Trinajstić information content (AvgIpc) is 0.962. The summed E-state index contributed by atoms with van der Waals surface area (Å²) in [6, 6.07) is 2.78. The molecule has 4 aliphatic rings. The maximum atomic E-state index is 15.5. The Morgan fingerprint density at radius 2 is 0.844 bits per heavy atom. The minimum atomic E-state index is -2.81. The van der Waals surface area contributed by atoms with Crippen LogP contribution in [0.3, 0.4) is 0 Å². The molecule has 0 spiro atoms. The fourth-order valence-corrected chi connectivity index (χ4v) is 9.84. The molecule has 2 fully saturated rings. The number of aromatic hydroxyl groups is 17. The molecule has 0 unspecified atom stereocenters. The number of carbonyl (C=O) groups excluding carboxylic acids is 6. The lowest BCUT2D eigenvalue weighted by atomic mass is 9.90. The highest BCUT2D eigenvalue weighted by Crippen LogP contribution is 2.59. The third kappa shape index (κ3) is 10.1. The number of aliphatic hydroxyl groups excluding tert-OH is 4. The predicted molar refractivity (Wildman–Crippen MR) is 276 cm³/mol. The molecule has 4 aliphatic heterocycles. The predicted octanol–water partition coefficient (Wildman–Crippen LogP) is -0.193. The maximum absolute atomic E-state index is 15.5. The van der Waals surface area contributed by atoms with Crippen molar-refractivity contribution in [2.75, 3.05) is 13.2 Å². The van der Waals surface area contributed by atoms with Gasteiger partial charge in [-0.1, -0.05) is 0 Å². The number of cyclic esters (lactones) is 1. The SMILES string of the molecule is O=C(O[C@@H]1O[C@H](CO)[C@@H](O)[C@H](O)[C@H]1O)c1cc(O)c(O)c(Oc2c(O)c(O)c(O)c3c2C(=O)O[C@H]2[C@@H]4OC(=O)c5cc(O)c(O)c(O)c5-c5c(cc(O)c(O)c5O)C(=O)O[C@H]4[C@H](OC(=O)c4cc(O)c(O)c(O)c4)O[C@@H]2COC(=O)c2cc(O)c(O)c(O)c2-3)c1. The van der Waals surface area contributed by atoms with Gasteiger partial charge in [0.2, 0.25) is 53.2 Å². The fourth-order valence-electron chi connectivity index (χ4n) is 9.84. The molecule has 90 heavy (non-hydrogen) atoms. The van der Waals surface area contributed by atoms with Crippen LogP contribution in [0.25, 0.3) is 22.3 Å². The second kappa shape index (κ2) is 22.5. The lowest BCUT2D eigenvalue weighted by Crippen LogP contribution is -2.63. The molecule has 21 N–H and O–H groups in total. The van der Waals surface area contributed by atoms with Crippen LogP contribution in [0.2, 0.25) is 0 Å². The maximum Gasteiger partial charge on any atom is 0.343 e. The summed E-state index contributed by atoms with van der Waals surface area (Å²) in [6.07, 6.45) is -23.7. The monoisotopic (exact) mass is 1270 g/mol. The largest absolute Gasteiger partial charge is 0.504 e. The molecule has 0 aromatic heterocycles. The first kappa shape index (κ1) is 61.4. The molecule has 474 valence electrons. The summed E-state index contributed by atoms with van der Waals surface area (Å²) in [5, 5.41) is 227. The molecule has 6 aromatic rings. The fraction of sp³-hybridized carbons (Fsp3) is 0.222. The zero-order chi connectivity index (χ0) is 65.7. The van der Waals surface area contributed by atoms with Crippen molar-refractivity contribution in [3.63, 3.8) is 0 Å². The molecule has 6 aromatic carbocycles. The van der Waals surface area contributed by atoms with Gasteiger partial charge in [0.05, 0.1) is 40.0 Å². The van der Waals surface area contributed by atoms with Crippen LogP contribution in [-0.4, -0.2) is 218 Å². The number of aliphatic hydroxyl groups is 4. The molecule has 0 amide bonds. The van der Waals surface area contributed by atoms with E-state index < -0.39 is 275 Å². The van der Waals surface area contributed by atoms with Crippen molar-refractivity contribution in [3.05, 3.63) is 75.8 Å². The minimum absolute atomic E-state index is 0.302. The van der Waals surface area contributed by atoms with Crippen LogP contribution in [0.1, 0.15) is 62.1 Å². The summed E-state index contributed by atoms with van der Waals surface area (Å²) in [5.74, 6) is -39.8. The first-order valence-electron chi connectivity index (χ1n) is 25.2. The minimum Gasteiger partial charge on any atom is -0.504 e. The molecule has 0 bridgehead atoms. The highest BCUT2D eigenvalue weighted by atomic mass is 16.8. The highest BCUT2D eigenvalue weighted by molar-refractivity contribution is 6.11. The Kier molecular flexibility index (Phi) is 15.4. The first-order valence-corrected chi connectivity index (χ1v) is 25.2. The number of hydrogen-bond acceptors (Lipinski definition) is 36. The average molecular weight is 1270 g/mol. The number of fused-ring (bicyclic) bond motifs is 9. The number of hydrogen-bond donors (Lipinski definition) is 21. The van der Waals surface area contributed by atoms with E-state index in [2.05, 4.69) is 0 Å². The van der Waals surface area contributed by atoms with E-state index in [0.717, 1.165) is 0 Å². The number of phenols is 17.